The molecular weight excluding hydrogens is 376 g/mol. The van der Waals surface area contributed by atoms with Crippen LogP contribution in [-0.2, 0) is 27.2 Å². The molecule has 9 heteroatoms. The SMILES string of the molecule is CCOP(=O)(OCC)C(C/C=C/CN1CCCC1)P(=O)(OCC)OCC. The molecule has 1 saturated heterocycles. The molecule has 1 aliphatic rings. The van der Waals surface area contributed by atoms with E-state index in [2.05, 4.69) is 4.90 Å². The minimum Gasteiger partial charge on any atom is -0.308 e. The zero-order chi connectivity index (χ0) is 19.5. The Morgan fingerprint density at radius 1 is 0.808 bits per heavy atom. The zero-order valence-electron chi connectivity index (χ0n) is 16.6. The Kier molecular flexibility index (Phi) is 11.5. The summed E-state index contributed by atoms with van der Waals surface area (Å²) in [5, 5.41) is -0.968. The molecule has 0 amide bonds. The van der Waals surface area contributed by atoms with Gasteiger partial charge in [0.2, 0.25) is 0 Å². The Hall–Kier alpha value is -0.0000000000000000416. The molecule has 26 heavy (non-hydrogen) atoms. The van der Waals surface area contributed by atoms with Gasteiger partial charge in [0, 0.05) is 6.54 Å². The quantitative estimate of drug-likeness (QED) is 0.298. The fraction of sp³-hybridized carbons (Fsp3) is 0.882. The Bertz CT molecular complexity index is 457. The highest BCUT2D eigenvalue weighted by Crippen LogP contribution is 2.71. The standard InChI is InChI=1S/C17H35NO6P2/c1-5-21-25(19,22-6-2)17(26(20,23-7-3)24-8-4)13-9-10-14-18-15-11-12-16-18/h9-10,17H,5-8,11-16H2,1-4H3/b10-9+. The molecule has 0 aromatic carbocycles. The van der Waals surface area contributed by atoms with Crippen molar-refractivity contribution in [1.29, 1.82) is 0 Å². The lowest BCUT2D eigenvalue weighted by atomic mass is 10.4. The van der Waals surface area contributed by atoms with Gasteiger partial charge in [-0.25, -0.2) is 0 Å². The van der Waals surface area contributed by atoms with Gasteiger partial charge in [0.25, 0.3) is 0 Å². The van der Waals surface area contributed by atoms with Gasteiger partial charge in [0.15, 0.2) is 5.40 Å². The molecule has 0 radical (unpaired) electrons. The minimum atomic E-state index is -3.65. The maximum Gasteiger partial charge on any atom is 0.346 e. The van der Waals surface area contributed by atoms with Crippen LogP contribution < -0.4 is 0 Å². The van der Waals surface area contributed by atoms with Gasteiger partial charge >= 0.3 is 15.2 Å². The first-order valence-corrected chi connectivity index (χ1v) is 12.8. The van der Waals surface area contributed by atoms with Crippen molar-refractivity contribution in [2.24, 2.45) is 0 Å². The van der Waals surface area contributed by atoms with Crippen LogP contribution in [0.5, 0.6) is 0 Å². The van der Waals surface area contributed by atoms with E-state index in [0.717, 1.165) is 19.6 Å². The second-order valence-electron chi connectivity index (χ2n) is 5.95. The second-order valence-corrected chi connectivity index (χ2v) is 10.8. The Labute approximate surface area is 158 Å². The van der Waals surface area contributed by atoms with Crippen molar-refractivity contribution in [2.45, 2.75) is 52.4 Å². The van der Waals surface area contributed by atoms with Gasteiger partial charge in [-0.2, -0.15) is 0 Å². The fourth-order valence-electron chi connectivity index (χ4n) is 2.98. The number of hydrogen-bond donors (Lipinski definition) is 0. The molecule has 154 valence electrons. The molecule has 0 aromatic rings. The molecule has 0 spiro atoms. The van der Waals surface area contributed by atoms with Crippen molar-refractivity contribution in [3.8, 4) is 0 Å². The highest BCUT2D eigenvalue weighted by atomic mass is 31.2. The van der Waals surface area contributed by atoms with Crippen LogP contribution in [0.1, 0.15) is 47.0 Å². The van der Waals surface area contributed by atoms with Crippen LogP contribution in [0.4, 0.5) is 0 Å². The van der Waals surface area contributed by atoms with E-state index in [1.165, 1.54) is 12.8 Å². The molecule has 1 aliphatic heterocycles. The average molecular weight is 411 g/mol. The predicted octanol–water partition coefficient (Wildman–Crippen LogP) is 4.89. The third kappa shape index (κ3) is 7.20. The van der Waals surface area contributed by atoms with Crippen LogP contribution in [-0.4, -0.2) is 56.4 Å². The maximum atomic E-state index is 13.3. The predicted molar refractivity (Wildman–Crippen MR) is 105 cm³/mol. The van der Waals surface area contributed by atoms with E-state index in [0.29, 0.717) is 0 Å². The fourth-order valence-corrected chi connectivity index (χ4v) is 8.20. The summed E-state index contributed by atoms with van der Waals surface area (Å²) in [6.45, 7) is 10.8. The molecule has 0 saturated carbocycles. The number of hydrogen-bond acceptors (Lipinski definition) is 7. The first kappa shape index (κ1) is 24.0. The smallest absolute Gasteiger partial charge is 0.308 e. The summed E-state index contributed by atoms with van der Waals surface area (Å²) in [5.74, 6) is 0. The van der Waals surface area contributed by atoms with Gasteiger partial charge in [0.1, 0.15) is 0 Å². The number of rotatable bonds is 14. The van der Waals surface area contributed by atoms with Crippen LogP contribution in [0.15, 0.2) is 12.2 Å². The van der Waals surface area contributed by atoms with E-state index in [1.54, 1.807) is 27.7 Å². The minimum absolute atomic E-state index is 0.198. The molecular formula is C17H35NO6P2. The second kappa shape index (κ2) is 12.5. The van der Waals surface area contributed by atoms with Crippen molar-refractivity contribution in [3.05, 3.63) is 12.2 Å². The highest BCUT2D eigenvalue weighted by Gasteiger charge is 2.49. The Morgan fingerprint density at radius 2 is 1.23 bits per heavy atom. The molecule has 0 atom stereocenters. The molecule has 0 aromatic heterocycles. The molecule has 0 unspecified atom stereocenters. The maximum absolute atomic E-state index is 13.3. The summed E-state index contributed by atoms with van der Waals surface area (Å²) in [7, 11) is -7.31. The number of allylic oxidation sites excluding steroid dienone is 1. The molecule has 1 heterocycles. The van der Waals surface area contributed by atoms with Gasteiger partial charge in [-0.15, -0.1) is 0 Å². The summed E-state index contributed by atoms with van der Waals surface area (Å²) in [4.78, 5) is 2.35. The summed E-state index contributed by atoms with van der Waals surface area (Å²) >= 11 is 0. The third-order valence-electron chi connectivity index (χ3n) is 4.04. The van der Waals surface area contributed by atoms with E-state index >= 15 is 0 Å². The van der Waals surface area contributed by atoms with E-state index in [1.807, 2.05) is 12.2 Å². The molecule has 7 nitrogen and oxygen atoms in total. The first-order valence-electron chi connectivity index (χ1n) is 9.60. The average Bonchev–Trinajstić information content (AvgIpc) is 3.08. The van der Waals surface area contributed by atoms with Gasteiger partial charge < -0.3 is 18.1 Å². The van der Waals surface area contributed by atoms with Crippen molar-refractivity contribution < 1.29 is 27.2 Å². The monoisotopic (exact) mass is 411 g/mol. The van der Waals surface area contributed by atoms with Crippen LogP contribution in [0.25, 0.3) is 0 Å². The molecule has 0 aliphatic carbocycles. The van der Waals surface area contributed by atoms with Crippen LogP contribution in [0.3, 0.4) is 0 Å². The van der Waals surface area contributed by atoms with Crippen molar-refractivity contribution in [3.63, 3.8) is 0 Å². The van der Waals surface area contributed by atoms with E-state index < -0.39 is 20.6 Å². The third-order valence-corrected chi connectivity index (χ3v) is 10.1. The van der Waals surface area contributed by atoms with Crippen molar-refractivity contribution >= 4 is 15.2 Å². The van der Waals surface area contributed by atoms with Crippen molar-refractivity contribution in [1.82, 2.24) is 4.90 Å². The summed E-state index contributed by atoms with van der Waals surface area (Å²) < 4.78 is 48.5. The first-order chi connectivity index (χ1) is 12.5. The summed E-state index contributed by atoms with van der Waals surface area (Å²) in [6, 6.07) is 0. The summed E-state index contributed by atoms with van der Waals surface area (Å²) in [5.41, 5.74) is 0. The number of likely N-dealkylation sites (tertiary alicyclic amines) is 1. The van der Waals surface area contributed by atoms with E-state index in [4.69, 9.17) is 18.1 Å². The van der Waals surface area contributed by atoms with Gasteiger partial charge in [-0.05, 0) is 60.0 Å². The highest BCUT2D eigenvalue weighted by molar-refractivity contribution is 7.72. The number of nitrogens with zero attached hydrogens (tertiary/aromatic N) is 1. The topological polar surface area (TPSA) is 74.3 Å². The Morgan fingerprint density at radius 3 is 1.62 bits per heavy atom. The largest absolute Gasteiger partial charge is 0.346 e. The lowest BCUT2D eigenvalue weighted by Crippen LogP contribution is -2.19. The zero-order valence-corrected chi connectivity index (χ0v) is 18.4. The van der Waals surface area contributed by atoms with Gasteiger partial charge in [-0.3, -0.25) is 14.0 Å². The molecule has 1 fully saturated rings. The lowest BCUT2D eigenvalue weighted by Gasteiger charge is -2.30. The summed E-state index contributed by atoms with van der Waals surface area (Å²) in [6.07, 6.45) is 6.61. The normalized spacial score (nSPS) is 17.0. The van der Waals surface area contributed by atoms with E-state index in [-0.39, 0.29) is 32.8 Å². The van der Waals surface area contributed by atoms with Crippen molar-refractivity contribution in [2.75, 3.05) is 46.1 Å². The molecule has 0 bridgehead atoms. The van der Waals surface area contributed by atoms with Gasteiger partial charge in [-0.1, -0.05) is 12.2 Å². The van der Waals surface area contributed by atoms with Crippen LogP contribution in [0.2, 0.25) is 0 Å². The lowest BCUT2D eigenvalue weighted by molar-refractivity contribution is 0.195. The molecule has 1 rings (SSSR count). The Balaban J connectivity index is 2.99. The van der Waals surface area contributed by atoms with Crippen LogP contribution >= 0.6 is 15.2 Å². The van der Waals surface area contributed by atoms with Crippen LogP contribution in [0, 0.1) is 0 Å². The van der Waals surface area contributed by atoms with E-state index in [9.17, 15) is 9.13 Å². The molecule has 0 N–H and O–H groups in total. The van der Waals surface area contributed by atoms with Gasteiger partial charge in [0.05, 0.1) is 26.4 Å².